The molecule has 5 heteroatoms. The molecule has 0 radical (unpaired) electrons. The van der Waals surface area contributed by atoms with Crippen LogP contribution in [0.5, 0.6) is 11.8 Å². The fourth-order valence-electron chi connectivity index (χ4n) is 1.22. The standard InChI is InChI=1S/C10H10BrN3O/c1-2-14-9(11)7-13-10(14)15-8-4-3-5-12-6-8/h3-7H,2H2,1H3. The summed E-state index contributed by atoms with van der Waals surface area (Å²) in [5.74, 6) is 0.685. The number of hydrogen-bond acceptors (Lipinski definition) is 3. The molecule has 0 bridgehead atoms. The molecule has 0 atom stereocenters. The monoisotopic (exact) mass is 267 g/mol. The van der Waals surface area contributed by atoms with Crippen molar-refractivity contribution < 1.29 is 4.74 Å². The zero-order valence-electron chi connectivity index (χ0n) is 8.22. The molecule has 0 fully saturated rings. The van der Waals surface area contributed by atoms with Crippen molar-refractivity contribution in [2.45, 2.75) is 13.5 Å². The van der Waals surface area contributed by atoms with Gasteiger partial charge in [-0.15, -0.1) is 0 Å². The number of imidazole rings is 1. The number of aromatic nitrogens is 3. The lowest BCUT2D eigenvalue weighted by Crippen LogP contribution is -1.98. The average molecular weight is 268 g/mol. The summed E-state index contributed by atoms with van der Waals surface area (Å²) in [5.41, 5.74) is 0. The van der Waals surface area contributed by atoms with E-state index in [0.29, 0.717) is 11.8 Å². The Hall–Kier alpha value is -1.36. The molecule has 0 N–H and O–H groups in total. The fraction of sp³-hybridized carbons (Fsp3) is 0.200. The largest absolute Gasteiger partial charge is 0.424 e. The van der Waals surface area contributed by atoms with Crippen LogP contribution in [-0.2, 0) is 6.54 Å². The number of ether oxygens (including phenoxy) is 1. The molecule has 0 aliphatic rings. The lowest BCUT2D eigenvalue weighted by molar-refractivity contribution is 0.412. The first-order valence-electron chi connectivity index (χ1n) is 4.60. The third-order valence-corrected chi connectivity index (χ3v) is 2.56. The van der Waals surface area contributed by atoms with Crippen molar-refractivity contribution in [3.05, 3.63) is 35.3 Å². The van der Waals surface area contributed by atoms with E-state index < -0.39 is 0 Å². The van der Waals surface area contributed by atoms with E-state index >= 15 is 0 Å². The van der Waals surface area contributed by atoms with Crippen LogP contribution in [0.4, 0.5) is 0 Å². The zero-order valence-corrected chi connectivity index (χ0v) is 9.81. The van der Waals surface area contributed by atoms with Crippen LogP contribution >= 0.6 is 15.9 Å². The van der Waals surface area contributed by atoms with Crippen LogP contribution in [0.15, 0.2) is 35.3 Å². The van der Waals surface area contributed by atoms with Gasteiger partial charge in [-0.05, 0) is 35.0 Å². The first-order valence-corrected chi connectivity index (χ1v) is 5.39. The van der Waals surface area contributed by atoms with Gasteiger partial charge in [-0.2, -0.15) is 0 Å². The highest BCUT2D eigenvalue weighted by molar-refractivity contribution is 9.10. The summed E-state index contributed by atoms with van der Waals surface area (Å²) in [4.78, 5) is 8.12. The van der Waals surface area contributed by atoms with E-state index in [2.05, 4.69) is 25.9 Å². The molecule has 4 nitrogen and oxygen atoms in total. The molecule has 0 saturated heterocycles. The topological polar surface area (TPSA) is 39.9 Å². The highest BCUT2D eigenvalue weighted by Crippen LogP contribution is 2.23. The van der Waals surface area contributed by atoms with E-state index in [1.54, 1.807) is 18.6 Å². The summed E-state index contributed by atoms with van der Waals surface area (Å²) in [6.07, 6.45) is 5.08. The second-order valence-electron chi connectivity index (χ2n) is 2.90. The van der Waals surface area contributed by atoms with Crippen LogP contribution in [-0.4, -0.2) is 14.5 Å². The van der Waals surface area contributed by atoms with Crippen LogP contribution in [0.25, 0.3) is 0 Å². The fourth-order valence-corrected chi connectivity index (χ4v) is 1.72. The van der Waals surface area contributed by atoms with Gasteiger partial charge in [-0.25, -0.2) is 4.98 Å². The normalized spacial score (nSPS) is 10.3. The van der Waals surface area contributed by atoms with Crippen molar-refractivity contribution >= 4 is 15.9 Å². The van der Waals surface area contributed by atoms with Crippen molar-refractivity contribution in [1.82, 2.24) is 14.5 Å². The second-order valence-corrected chi connectivity index (χ2v) is 3.71. The van der Waals surface area contributed by atoms with Crippen molar-refractivity contribution in [2.75, 3.05) is 0 Å². The van der Waals surface area contributed by atoms with Gasteiger partial charge in [0.25, 0.3) is 0 Å². The highest BCUT2D eigenvalue weighted by Gasteiger charge is 2.08. The molecule has 15 heavy (non-hydrogen) atoms. The Kier molecular flexibility index (Phi) is 3.01. The lowest BCUT2D eigenvalue weighted by Gasteiger charge is -2.06. The van der Waals surface area contributed by atoms with E-state index in [9.17, 15) is 0 Å². The molecule has 0 aromatic carbocycles. The summed E-state index contributed by atoms with van der Waals surface area (Å²) < 4.78 is 8.41. The quantitative estimate of drug-likeness (QED) is 0.859. The second kappa shape index (κ2) is 4.44. The van der Waals surface area contributed by atoms with E-state index in [-0.39, 0.29) is 0 Å². The Balaban J connectivity index is 2.25. The molecule has 2 aromatic heterocycles. The summed E-state index contributed by atoms with van der Waals surface area (Å²) in [6.45, 7) is 2.83. The van der Waals surface area contributed by atoms with E-state index in [1.165, 1.54) is 0 Å². The van der Waals surface area contributed by atoms with Crippen molar-refractivity contribution in [3.63, 3.8) is 0 Å². The molecule has 0 amide bonds. The van der Waals surface area contributed by atoms with E-state index in [0.717, 1.165) is 11.1 Å². The molecule has 2 rings (SSSR count). The Labute approximate surface area is 96.1 Å². The Bertz CT molecular complexity index is 441. The maximum absolute atomic E-state index is 5.58. The Morgan fingerprint density at radius 2 is 2.33 bits per heavy atom. The van der Waals surface area contributed by atoms with Crippen LogP contribution in [0, 0.1) is 0 Å². The molecule has 0 aliphatic carbocycles. The van der Waals surface area contributed by atoms with E-state index in [4.69, 9.17) is 4.74 Å². The van der Waals surface area contributed by atoms with Crippen LogP contribution in [0.2, 0.25) is 0 Å². The third kappa shape index (κ3) is 2.18. The number of hydrogen-bond donors (Lipinski definition) is 0. The number of rotatable bonds is 3. The van der Waals surface area contributed by atoms with Crippen molar-refractivity contribution in [2.24, 2.45) is 0 Å². The van der Waals surface area contributed by atoms with Crippen LogP contribution in [0.1, 0.15) is 6.92 Å². The summed E-state index contributed by atoms with van der Waals surface area (Å²) in [6, 6.07) is 4.23. The smallest absolute Gasteiger partial charge is 0.302 e. The van der Waals surface area contributed by atoms with Gasteiger partial charge in [0, 0.05) is 12.7 Å². The minimum Gasteiger partial charge on any atom is -0.424 e. The first kappa shape index (κ1) is 10.2. The van der Waals surface area contributed by atoms with Crippen molar-refractivity contribution in [1.29, 1.82) is 0 Å². The van der Waals surface area contributed by atoms with Gasteiger partial charge in [0.2, 0.25) is 0 Å². The zero-order chi connectivity index (χ0) is 10.7. The lowest BCUT2D eigenvalue weighted by atomic mass is 10.5. The predicted octanol–water partition coefficient (Wildman–Crippen LogP) is 2.85. The summed E-state index contributed by atoms with van der Waals surface area (Å²) >= 11 is 3.40. The number of halogens is 1. The van der Waals surface area contributed by atoms with Gasteiger partial charge in [0.1, 0.15) is 10.4 Å². The van der Waals surface area contributed by atoms with Crippen LogP contribution < -0.4 is 4.74 Å². The van der Waals surface area contributed by atoms with Gasteiger partial charge in [-0.1, -0.05) is 0 Å². The summed E-state index contributed by atoms with van der Waals surface area (Å²) in [5, 5.41) is 0. The predicted molar refractivity (Wildman–Crippen MR) is 59.9 cm³/mol. The Morgan fingerprint density at radius 3 is 3.00 bits per heavy atom. The SMILES string of the molecule is CCn1c(Br)cnc1Oc1cccnc1. The maximum Gasteiger partial charge on any atom is 0.302 e. The highest BCUT2D eigenvalue weighted by atomic mass is 79.9. The Morgan fingerprint density at radius 1 is 1.47 bits per heavy atom. The third-order valence-electron chi connectivity index (χ3n) is 1.93. The van der Waals surface area contributed by atoms with Gasteiger partial charge < -0.3 is 4.74 Å². The molecule has 0 spiro atoms. The molecule has 78 valence electrons. The average Bonchev–Trinajstić information content (AvgIpc) is 2.61. The van der Waals surface area contributed by atoms with Crippen LogP contribution in [0.3, 0.4) is 0 Å². The molecule has 2 aromatic rings. The minimum atomic E-state index is 0.567. The van der Waals surface area contributed by atoms with Gasteiger partial charge in [0.05, 0.1) is 12.4 Å². The molecular weight excluding hydrogens is 258 g/mol. The van der Waals surface area contributed by atoms with E-state index in [1.807, 2.05) is 23.6 Å². The molecular formula is C10H10BrN3O. The number of nitrogens with zero attached hydrogens (tertiary/aromatic N) is 3. The molecule has 0 saturated carbocycles. The minimum absolute atomic E-state index is 0.567. The maximum atomic E-state index is 5.58. The molecule has 2 heterocycles. The van der Waals surface area contributed by atoms with Gasteiger partial charge >= 0.3 is 6.01 Å². The van der Waals surface area contributed by atoms with Gasteiger partial charge in [0.15, 0.2) is 0 Å². The molecule has 0 unspecified atom stereocenters. The number of pyridine rings is 1. The van der Waals surface area contributed by atoms with Crippen molar-refractivity contribution in [3.8, 4) is 11.8 Å². The van der Waals surface area contributed by atoms with Gasteiger partial charge in [-0.3, -0.25) is 9.55 Å². The molecule has 0 aliphatic heterocycles. The summed E-state index contributed by atoms with van der Waals surface area (Å²) in [7, 11) is 0. The first-order chi connectivity index (χ1) is 7.31.